The summed E-state index contributed by atoms with van der Waals surface area (Å²) in [4.78, 5) is 9.27. The predicted octanol–water partition coefficient (Wildman–Crippen LogP) is 3.80. The Bertz CT molecular complexity index is 1270. The molecular formula is C24H27BN4O3. The normalized spacial score (nSPS) is 17.2. The zero-order chi connectivity index (χ0) is 22.5. The van der Waals surface area contributed by atoms with Gasteiger partial charge in [-0.3, -0.25) is 4.40 Å². The van der Waals surface area contributed by atoms with Crippen molar-refractivity contribution in [2.75, 3.05) is 12.4 Å². The van der Waals surface area contributed by atoms with Crippen molar-refractivity contribution in [3.8, 4) is 5.75 Å². The molecule has 0 radical (unpaired) electrons. The number of fused-ring (bicyclic) bond motifs is 3. The van der Waals surface area contributed by atoms with Gasteiger partial charge in [0.1, 0.15) is 11.3 Å². The lowest BCUT2D eigenvalue weighted by molar-refractivity contribution is 0.00578. The van der Waals surface area contributed by atoms with Crippen LogP contribution >= 0.6 is 0 Å². The Morgan fingerprint density at radius 3 is 2.41 bits per heavy atom. The zero-order valence-corrected chi connectivity index (χ0v) is 19.0. The van der Waals surface area contributed by atoms with Crippen LogP contribution in [0.4, 0.5) is 5.82 Å². The molecule has 0 amide bonds. The van der Waals surface area contributed by atoms with Gasteiger partial charge >= 0.3 is 7.12 Å². The highest BCUT2D eigenvalue weighted by Crippen LogP contribution is 2.36. The molecule has 164 valence electrons. The van der Waals surface area contributed by atoms with Crippen molar-refractivity contribution in [1.29, 1.82) is 0 Å². The molecule has 0 bridgehead atoms. The van der Waals surface area contributed by atoms with Crippen molar-refractivity contribution < 1.29 is 14.0 Å². The quantitative estimate of drug-likeness (QED) is 0.486. The van der Waals surface area contributed by atoms with Gasteiger partial charge in [-0.15, -0.1) is 0 Å². The second-order valence-corrected chi connectivity index (χ2v) is 9.15. The van der Waals surface area contributed by atoms with E-state index in [1.165, 1.54) is 0 Å². The summed E-state index contributed by atoms with van der Waals surface area (Å²) in [5.74, 6) is 1.61. The summed E-state index contributed by atoms with van der Waals surface area (Å²) >= 11 is 0. The fourth-order valence-electron chi connectivity index (χ4n) is 3.86. The van der Waals surface area contributed by atoms with E-state index in [0.29, 0.717) is 6.54 Å². The van der Waals surface area contributed by atoms with Crippen LogP contribution in [-0.4, -0.2) is 39.8 Å². The first-order valence-corrected chi connectivity index (χ1v) is 10.8. The number of rotatable bonds is 5. The third kappa shape index (κ3) is 3.49. The van der Waals surface area contributed by atoms with E-state index in [0.717, 1.165) is 39.1 Å². The maximum absolute atomic E-state index is 6.23. The summed E-state index contributed by atoms with van der Waals surface area (Å²) in [6.45, 7) is 8.87. The number of nitrogens with one attached hydrogen (secondary N) is 1. The highest BCUT2D eigenvalue weighted by atomic mass is 16.7. The van der Waals surface area contributed by atoms with Crippen LogP contribution in [0.2, 0.25) is 0 Å². The molecule has 1 N–H and O–H groups in total. The number of hydrogen-bond acceptors (Lipinski definition) is 6. The molecule has 8 heteroatoms. The lowest BCUT2D eigenvalue weighted by Crippen LogP contribution is -2.41. The SMILES string of the molecule is COc1ccc(CNc2nc3cc(B4OC(C)(C)C(C)(C)O4)ccc3n3cncc23)cc1. The maximum atomic E-state index is 6.23. The Balaban J connectivity index is 1.48. The Morgan fingerprint density at radius 2 is 1.72 bits per heavy atom. The number of ether oxygens (including phenoxy) is 1. The van der Waals surface area contributed by atoms with Crippen LogP contribution < -0.4 is 15.5 Å². The predicted molar refractivity (Wildman–Crippen MR) is 127 cm³/mol. The standard InChI is InChI=1S/C24H27BN4O3/c1-23(2)24(3,4)32-25(31-23)17-8-11-20-19(12-17)28-22(21-14-26-15-29(20)21)27-13-16-6-9-18(30-5)10-7-16/h6-12,14-15H,13H2,1-5H3,(H,27,28). The van der Waals surface area contributed by atoms with E-state index in [1.807, 2.05) is 59.4 Å². The minimum absolute atomic E-state index is 0.389. The number of nitrogens with zero attached hydrogens (tertiary/aromatic N) is 3. The monoisotopic (exact) mass is 430 g/mol. The fraction of sp³-hybridized carbons (Fsp3) is 0.333. The molecule has 0 atom stereocenters. The van der Waals surface area contributed by atoms with Crippen LogP contribution in [0.3, 0.4) is 0 Å². The molecule has 1 aliphatic heterocycles. The van der Waals surface area contributed by atoms with Gasteiger partial charge in [-0.05, 0) is 63.0 Å². The second kappa shape index (κ2) is 7.50. The van der Waals surface area contributed by atoms with E-state index in [-0.39, 0.29) is 11.2 Å². The van der Waals surface area contributed by atoms with E-state index in [4.69, 9.17) is 19.0 Å². The Kier molecular flexibility index (Phi) is 4.87. The van der Waals surface area contributed by atoms with Gasteiger partial charge in [-0.25, -0.2) is 9.97 Å². The molecular weight excluding hydrogens is 403 g/mol. The van der Waals surface area contributed by atoms with Crippen LogP contribution in [0.25, 0.3) is 16.6 Å². The van der Waals surface area contributed by atoms with E-state index in [1.54, 1.807) is 7.11 Å². The summed E-state index contributed by atoms with van der Waals surface area (Å²) in [6, 6.07) is 14.1. The van der Waals surface area contributed by atoms with Crippen LogP contribution in [0, 0.1) is 0 Å². The maximum Gasteiger partial charge on any atom is 0.494 e. The molecule has 1 fully saturated rings. The molecule has 0 unspecified atom stereocenters. The van der Waals surface area contributed by atoms with Crippen LogP contribution in [-0.2, 0) is 15.9 Å². The Labute approximate surface area is 187 Å². The summed E-state index contributed by atoms with van der Waals surface area (Å²) < 4.78 is 19.8. The minimum Gasteiger partial charge on any atom is -0.497 e. The van der Waals surface area contributed by atoms with Gasteiger partial charge < -0.3 is 19.4 Å². The van der Waals surface area contributed by atoms with Crippen LogP contribution in [0.5, 0.6) is 5.75 Å². The molecule has 32 heavy (non-hydrogen) atoms. The number of methoxy groups -OCH3 is 1. The van der Waals surface area contributed by atoms with Gasteiger partial charge in [0.2, 0.25) is 0 Å². The number of aromatic nitrogens is 3. The largest absolute Gasteiger partial charge is 0.497 e. The molecule has 1 aliphatic rings. The van der Waals surface area contributed by atoms with Gasteiger partial charge in [-0.1, -0.05) is 18.2 Å². The first-order valence-electron chi connectivity index (χ1n) is 10.8. The number of hydrogen-bond donors (Lipinski definition) is 1. The van der Waals surface area contributed by atoms with Crippen molar-refractivity contribution in [1.82, 2.24) is 14.4 Å². The molecule has 4 aromatic rings. The summed E-state index contributed by atoms with van der Waals surface area (Å²) in [6.07, 6.45) is 3.64. The third-order valence-electron chi connectivity index (χ3n) is 6.52. The summed E-state index contributed by atoms with van der Waals surface area (Å²) in [7, 11) is 1.24. The van der Waals surface area contributed by atoms with E-state index in [9.17, 15) is 0 Å². The lowest BCUT2D eigenvalue weighted by Gasteiger charge is -2.32. The molecule has 3 heterocycles. The molecule has 0 saturated carbocycles. The highest BCUT2D eigenvalue weighted by molar-refractivity contribution is 6.62. The number of imidazole rings is 1. The van der Waals surface area contributed by atoms with Gasteiger partial charge in [0.05, 0.1) is 41.9 Å². The molecule has 2 aromatic carbocycles. The van der Waals surface area contributed by atoms with Gasteiger partial charge in [0.25, 0.3) is 0 Å². The minimum atomic E-state index is -0.430. The summed E-state index contributed by atoms with van der Waals surface area (Å²) in [5, 5.41) is 3.46. The smallest absolute Gasteiger partial charge is 0.494 e. The van der Waals surface area contributed by atoms with Gasteiger partial charge in [-0.2, -0.15) is 0 Å². The average Bonchev–Trinajstić information content (AvgIpc) is 3.34. The van der Waals surface area contributed by atoms with Crippen LogP contribution in [0.15, 0.2) is 55.0 Å². The zero-order valence-electron chi connectivity index (χ0n) is 19.0. The van der Waals surface area contributed by atoms with Crippen molar-refractivity contribution in [2.24, 2.45) is 0 Å². The summed E-state index contributed by atoms with van der Waals surface area (Å²) in [5.41, 5.74) is 4.06. The van der Waals surface area contributed by atoms with E-state index < -0.39 is 7.12 Å². The van der Waals surface area contributed by atoms with Gasteiger partial charge in [0, 0.05) is 6.54 Å². The highest BCUT2D eigenvalue weighted by Gasteiger charge is 2.51. The van der Waals surface area contributed by atoms with Gasteiger partial charge in [0.15, 0.2) is 5.82 Å². The number of anilines is 1. The fourth-order valence-corrected chi connectivity index (χ4v) is 3.86. The molecule has 0 aliphatic carbocycles. The van der Waals surface area contributed by atoms with E-state index in [2.05, 4.69) is 38.0 Å². The molecule has 1 saturated heterocycles. The first kappa shape index (κ1) is 20.8. The first-order chi connectivity index (χ1) is 15.3. The molecule has 5 rings (SSSR count). The van der Waals surface area contributed by atoms with Crippen LogP contribution in [0.1, 0.15) is 33.3 Å². The lowest BCUT2D eigenvalue weighted by atomic mass is 9.79. The molecule has 0 spiro atoms. The van der Waals surface area contributed by atoms with Crippen molar-refractivity contribution >= 4 is 34.9 Å². The average molecular weight is 430 g/mol. The topological polar surface area (TPSA) is 69.9 Å². The number of benzene rings is 2. The van der Waals surface area contributed by atoms with Crippen molar-refractivity contribution in [2.45, 2.75) is 45.4 Å². The Hall–Kier alpha value is -3.10. The van der Waals surface area contributed by atoms with Crippen molar-refractivity contribution in [3.05, 3.63) is 60.6 Å². The second-order valence-electron chi connectivity index (χ2n) is 9.15. The van der Waals surface area contributed by atoms with E-state index >= 15 is 0 Å². The van der Waals surface area contributed by atoms with Crippen molar-refractivity contribution in [3.63, 3.8) is 0 Å². The Morgan fingerprint density at radius 1 is 1.00 bits per heavy atom. The molecule has 2 aromatic heterocycles. The third-order valence-corrected chi connectivity index (χ3v) is 6.52. The molecule has 7 nitrogen and oxygen atoms in total.